The average molecular weight is 455 g/mol. The minimum Gasteiger partial charge on any atom is -0.377 e. The first-order valence-corrected chi connectivity index (χ1v) is 13.9. The van der Waals surface area contributed by atoms with Crippen LogP contribution in [-0.4, -0.2) is 65.2 Å². The molecule has 0 saturated carbocycles. The van der Waals surface area contributed by atoms with Crippen molar-refractivity contribution < 1.29 is 22.9 Å². The Morgan fingerprint density at radius 3 is 1.64 bits per heavy atom. The largest absolute Gasteiger partial charge is 0.500 e. The molecular formula is C18H38N2O5S2Si. The number of hydrogen-bond donors (Lipinski definition) is 2. The summed E-state index contributed by atoms with van der Waals surface area (Å²) >= 11 is 2.66. The molecule has 2 amide bonds. The lowest BCUT2D eigenvalue weighted by Crippen LogP contribution is -2.42. The lowest BCUT2D eigenvalue weighted by atomic mass is 10.2. The predicted molar refractivity (Wildman–Crippen MR) is 121 cm³/mol. The lowest BCUT2D eigenvalue weighted by Gasteiger charge is -2.23. The molecule has 0 aromatic heterocycles. The highest BCUT2D eigenvalue weighted by Gasteiger charge is 2.36. The van der Waals surface area contributed by atoms with E-state index in [9.17, 15) is 9.59 Å². The van der Waals surface area contributed by atoms with Gasteiger partial charge in [-0.2, -0.15) is 0 Å². The Morgan fingerprint density at radius 1 is 0.750 bits per heavy atom. The Bertz CT molecular complexity index is 407. The summed E-state index contributed by atoms with van der Waals surface area (Å²) in [5.74, 6) is 1.61. The molecule has 0 bridgehead atoms. The van der Waals surface area contributed by atoms with Crippen LogP contribution in [-0.2, 0) is 13.3 Å². The molecule has 0 aliphatic heterocycles. The molecule has 0 aromatic rings. The van der Waals surface area contributed by atoms with Crippen molar-refractivity contribution in [3.63, 3.8) is 0 Å². The molecule has 0 fully saturated rings. The van der Waals surface area contributed by atoms with E-state index in [-0.39, 0.29) is 10.5 Å². The second kappa shape index (κ2) is 18.7. The number of nitrogens with one attached hydrogen (secondary N) is 2. The molecule has 0 aromatic carbocycles. The summed E-state index contributed by atoms with van der Waals surface area (Å²) in [5, 5.41) is 5.95. The second-order valence-electron chi connectivity index (χ2n) is 6.29. The van der Waals surface area contributed by atoms with Crippen molar-refractivity contribution >= 4 is 42.8 Å². The Morgan fingerprint density at radius 2 is 1.21 bits per heavy atom. The van der Waals surface area contributed by atoms with Gasteiger partial charge in [-0.25, -0.2) is 0 Å². The fraction of sp³-hybridized carbons (Fsp3) is 0.889. The third-order valence-electron chi connectivity index (χ3n) is 4.17. The zero-order chi connectivity index (χ0) is 21.1. The average Bonchev–Trinajstić information content (AvgIpc) is 2.71. The van der Waals surface area contributed by atoms with E-state index in [1.807, 2.05) is 0 Å². The smallest absolute Gasteiger partial charge is 0.377 e. The SMILES string of the molecule is CCCCSC(=O)NCCCCCCNC(=O)SCCC[Si](OC)(OC)OC. The van der Waals surface area contributed by atoms with Gasteiger partial charge < -0.3 is 23.9 Å². The van der Waals surface area contributed by atoms with E-state index in [1.54, 1.807) is 21.3 Å². The van der Waals surface area contributed by atoms with Gasteiger partial charge in [0.1, 0.15) is 0 Å². The molecule has 10 heteroatoms. The highest BCUT2D eigenvalue weighted by molar-refractivity contribution is 8.13. The Hall–Kier alpha value is -0.263. The molecule has 0 unspecified atom stereocenters. The predicted octanol–water partition coefficient (Wildman–Crippen LogP) is 4.50. The van der Waals surface area contributed by atoms with Crippen molar-refractivity contribution in [2.24, 2.45) is 0 Å². The van der Waals surface area contributed by atoms with Gasteiger partial charge in [0.25, 0.3) is 10.5 Å². The van der Waals surface area contributed by atoms with E-state index in [1.165, 1.54) is 23.5 Å². The lowest BCUT2D eigenvalue weighted by molar-refractivity contribution is 0.123. The van der Waals surface area contributed by atoms with Crippen LogP contribution in [0.3, 0.4) is 0 Å². The molecule has 0 heterocycles. The summed E-state index contributed by atoms with van der Waals surface area (Å²) in [7, 11) is 2.27. The molecule has 0 radical (unpaired) electrons. The molecule has 0 aliphatic rings. The molecule has 2 N–H and O–H groups in total. The standard InChI is InChI=1S/C18H38N2O5S2Si/c1-5-6-14-26-17(21)19-12-9-7-8-10-13-20-18(22)27-15-11-16-28(23-2,24-3)25-4/h5-16H2,1-4H3,(H,19,21)(H,20,22). The van der Waals surface area contributed by atoms with Crippen LogP contribution in [0.25, 0.3) is 0 Å². The number of carbonyl (C=O) groups excluding carboxylic acids is 2. The van der Waals surface area contributed by atoms with E-state index in [0.29, 0.717) is 18.3 Å². The van der Waals surface area contributed by atoms with Crippen LogP contribution < -0.4 is 10.6 Å². The van der Waals surface area contributed by atoms with Crippen molar-refractivity contribution in [3.05, 3.63) is 0 Å². The van der Waals surface area contributed by atoms with E-state index in [0.717, 1.165) is 57.2 Å². The molecule has 0 rings (SSSR count). The first kappa shape index (κ1) is 27.7. The third-order valence-corrected chi connectivity index (χ3v) is 8.80. The third kappa shape index (κ3) is 14.7. The van der Waals surface area contributed by atoms with Gasteiger partial charge in [-0.1, -0.05) is 49.7 Å². The molecule has 0 aliphatic carbocycles. The highest BCUT2D eigenvalue weighted by Crippen LogP contribution is 2.17. The van der Waals surface area contributed by atoms with Crippen molar-refractivity contribution in [1.29, 1.82) is 0 Å². The maximum atomic E-state index is 11.8. The monoisotopic (exact) mass is 454 g/mol. The second-order valence-corrected chi connectivity index (χ2v) is 11.5. The van der Waals surface area contributed by atoms with Gasteiger partial charge >= 0.3 is 8.80 Å². The topological polar surface area (TPSA) is 85.9 Å². The van der Waals surface area contributed by atoms with E-state index in [4.69, 9.17) is 13.3 Å². The zero-order valence-corrected chi connectivity index (χ0v) is 20.5. The minimum absolute atomic E-state index is 0.0101. The van der Waals surface area contributed by atoms with Gasteiger partial charge in [-0.15, -0.1) is 0 Å². The fourth-order valence-corrected chi connectivity index (χ4v) is 5.88. The minimum atomic E-state index is -2.53. The normalized spacial score (nSPS) is 11.4. The van der Waals surface area contributed by atoms with Crippen LogP contribution in [0.15, 0.2) is 0 Å². The first-order valence-electron chi connectivity index (χ1n) is 10.00. The van der Waals surface area contributed by atoms with Crippen molar-refractivity contribution in [2.45, 2.75) is 57.9 Å². The summed E-state index contributed by atoms with van der Waals surface area (Å²) in [6.45, 7) is 3.55. The number of amides is 2. The number of carbonyl (C=O) groups is 2. The number of rotatable bonds is 17. The Balaban J connectivity index is 3.49. The Labute approximate surface area is 180 Å². The van der Waals surface area contributed by atoms with Crippen LogP contribution in [0.1, 0.15) is 51.9 Å². The fourth-order valence-electron chi connectivity index (χ4n) is 2.41. The van der Waals surface area contributed by atoms with Crippen LogP contribution in [0, 0.1) is 0 Å². The molecule has 0 spiro atoms. The van der Waals surface area contributed by atoms with E-state index < -0.39 is 8.80 Å². The van der Waals surface area contributed by atoms with Crippen LogP contribution in [0.4, 0.5) is 9.59 Å². The Kier molecular flexibility index (Phi) is 18.6. The quantitative estimate of drug-likeness (QED) is 0.247. The summed E-state index contributed by atoms with van der Waals surface area (Å²) in [5.41, 5.74) is 0. The van der Waals surface area contributed by atoms with Gasteiger partial charge in [-0.3, -0.25) is 9.59 Å². The molecule has 7 nitrogen and oxygen atoms in total. The van der Waals surface area contributed by atoms with Gasteiger partial charge in [0, 0.05) is 52.0 Å². The number of thioether (sulfide) groups is 2. The summed E-state index contributed by atoms with van der Waals surface area (Å²) in [4.78, 5) is 23.3. The summed E-state index contributed by atoms with van der Waals surface area (Å²) < 4.78 is 16.1. The van der Waals surface area contributed by atoms with Gasteiger partial charge in [0.2, 0.25) is 0 Å². The maximum absolute atomic E-state index is 11.8. The summed E-state index contributed by atoms with van der Waals surface area (Å²) in [6.07, 6.45) is 7.05. The molecule has 0 atom stereocenters. The highest BCUT2D eigenvalue weighted by atomic mass is 32.2. The number of unbranched alkanes of at least 4 members (excludes halogenated alkanes) is 4. The molecule has 28 heavy (non-hydrogen) atoms. The molecular weight excluding hydrogens is 416 g/mol. The van der Waals surface area contributed by atoms with E-state index in [2.05, 4.69) is 17.6 Å². The number of hydrogen-bond acceptors (Lipinski definition) is 7. The molecule has 166 valence electrons. The van der Waals surface area contributed by atoms with Gasteiger partial charge in [0.05, 0.1) is 0 Å². The van der Waals surface area contributed by atoms with Crippen LogP contribution in [0.5, 0.6) is 0 Å². The van der Waals surface area contributed by atoms with Crippen molar-refractivity contribution in [3.8, 4) is 0 Å². The van der Waals surface area contributed by atoms with Gasteiger partial charge in [0.15, 0.2) is 0 Å². The summed E-state index contributed by atoms with van der Waals surface area (Å²) in [6, 6.07) is 0.699. The first-order chi connectivity index (χ1) is 13.5. The van der Waals surface area contributed by atoms with E-state index >= 15 is 0 Å². The van der Waals surface area contributed by atoms with Gasteiger partial charge in [-0.05, 0) is 25.7 Å². The van der Waals surface area contributed by atoms with Crippen molar-refractivity contribution in [2.75, 3.05) is 45.9 Å². The maximum Gasteiger partial charge on any atom is 0.500 e. The van der Waals surface area contributed by atoms with Crippen molar-refractivity contribution in [1.82, 2.24) is 10.6 Å². The van der Waals surface area contributed by atoms with Crippen LogP contribution in [0.2, 0.25) is 6.04 Å². The zero-order valence-electron chi connectivity index (χ0n) is 17.8. The van der Waals surface area contributed by atoms with Crippen LogP contribution >= 0.6 is 23.5 Å². The molecule has 0 saturated heterocycles.